The summed E-state index contributed by atoms with van der Waals surface area (Å²) in [7, 11) is 0. The van der Waals surface area contributed by atoms with Crippen LogP contribution in [0.3, 0.4) is 0 Å². The normalized spacial score (nSPS) is 25.1. The predicted molar refractivity (Wildman–Crippen MR) is 66.1 cm³/mol. The molecule has 0 radical (unpaired) electrons. The Morgan fingerprint density at radius 3 is 2.79 bits per heavy atom. The number of nitrogens with one attached hydrogen (secondary N) is 1. The molecule has 0 bridgehead atoms. The number of hydrogen-bond acceptors (Lipinski definition) is 3. The molecule has 104 valence electrons. The van der Waals surface area contributed by atoms with E-state index in [2.05, 4.69) is 5.32 Å². The highest BCUT2D eigenvalue weighted by Gasteiger charge is 2.40. The second kappa shape index (κ2) is 5.43. The van der Waals surface area contributed by atoms with Crippen molar-refractivity contribution in [3.8, 4) is 5.75 Å². The molecule has 1 aliphatic heterocycles. The van der Waals surface area contributed by atoms with Crippen molar-refractivity contribution in [3.63, 3.8) is 0 Å². The Morgan fingerprint density at radius 2 is 2.16 bits per heavy atom. The van der Waals surface area contributed by atoms with Crippen LogP contribution in [0.4, 0.5) is 8.78 Å². The summed E-state index contributed by atoms with van der Waals surface area (Å²) in [5.41, 5.74) is 0. The molecule has 1 aromatic carbocycles. The number of halogens is 2. The van der Waals surface area contributed by atoms with Crippen LogP contribution in [0.25, 0.3) is 0 Å². The molecule has 0 spiro atoms. The summed E-state index contributed by atoms with van der Waals surface area (Å²) in [6, 6.07) is 3.40. The van der Waals surface area contributed by atoms with Crippen LogP contribution in [0, 0.1) is 17.6 Å². The molecule has 5 heteroatoms. The standard InChI is InChI=1S/C14H17F2NO2/c15-10-3-4-12(11(16)7-10)19-14(9-1-2-9)13-8-17-5-6-18-13/h3-4,7,9,13-14,17H,1-2,5-6,8H2. The number of ether oxygens (including phenoxy) is 2. The number of benzene rings is 1. The van der Waals surface area contributed by atoms with Crippen molar-refractivity contribution in [2.75, 3.05) is 19.7 Å². The zero-order valence-electron chi connectivity index (χ0n) is 10.6. The van der Waals surface area contributed by atoms with E-state index in [0.29, 0.717) is 19.1 Å². The lowest BCUT2D eigenvalue weighted by Gasteiger charge is -2.31. The van der Waals surface area contributed by atoms with Crippen LogP contribution in [0.15, 0.2) is 18.2 Å². The molecule has 3 nitrogen and oxygen atoms in total. The van der Waals surface area contributed by atoms with Gasteiger partial charge in [0.2, 0.25) is 0 Å². The molecular formula is C14H17F2NO2. The van der Waals surface area contributed by atoms with Crippen LogP contribution >= 0.6 is 0 Å². The summed E-state index contributed by atoms with van der Waals surface area (Å²) in [5, 5.41) is 3.25. The average Bonchev–Trinajstić information content (AvgIpc) is 3.23. The largest absolute Gasteiger partial charge is 0.484 e. The van der Waals surface area contributed by atoms with Crippen molar-refractivity contribution < 1.29 is 18.3 Å². The Labute approximate surface area is 110 Å². The predicted octanol–water partition coefficient (Wildman–Crippen LogP) is 2.11. The highest BCUT2D eigenvalue weighted by atomic mass is 19.1. The molecule has 0 amide bonds. The minimum Gasteiger partial charge on any atom is -0.484 e. The van der Waals surface area contributed by atoms with E-state index in [9.17, 15) is 8.78 Å². The average molecular weight is 269 g/mol. The first kappa shape index (κ1) is 12.8. The van der Waals surface area contributed by atoms with E-state index < -0.39 is 11.6 Å². The quantitative estimate of drug-likeness (QED) is 0.908. The van der Waals surface area contributed by atoms with E-state index in [1.807, 2.05) is 0 Å². The van der Waals surface area contributed by atoms with Gasteiger partial charge < -0.3 is 14.8 Å². The second-order valence-electron chi connectivity index (χ2n) is 5.11. The number of morpholine rings is 1. The van der Waals surface area contributed by atoms with Crippen LogP contribution < -0.4 is 10.1 Å². The minimum atomic E-state index is -0.658. The van der Waals surface area contributed by atoms with E-state index in [1.54, 1.807) is 0 Å². The third-order valence-corrected chi connectivity index (χ3v) is 3.57. The summed E-state index contributed by atoms with van der Waals surface area (Å²) >= 11 is 0. The lowest BCUT2D eigenvalue weighted by atomic mass is 10.1. The Hall–Kier alpha value is -1.20. The van der Waals surface area contributed by atoms with Gasteiger partial charge in [0.05, 0.1) is 6.61 Å². The first-order valence-corrected chi connectivity index (χ1v) is 6.68. The van der Waals surface area contributed by atoms with Crippen LogP contribution in [-0.4, -0.2) is 31.9 Å². The number of rotatable bonds is 4. The lowest BCUT2D eigenvalue weighted by Crippen LogP contribution is -2.48. The summed E-state index contributed by atoms with van der Waals surface area (Å²) < 4.78 is 38.0. The fraction of sp³-hybridized carbons (Fsp3) is 0.571. The van der Waals surface area contributed by atoms with Gasteiger partial charge in [-0.15, -0.1) is 0 Å². The third-order valence-electron chi connectivity index (χ3n) is 3.57. The van der Waals surface area contributed by atoms with Gasteiger partial charge in [0.25, 0.3) is 0 Å². The van der Waals surface area contributed by atoms with E-state index in [4.69, 9.17) is 9.47 Å². The summed E-state index contributed by atoms with van der Waals surface area (Å²) in [5.74, 6) is -0.736. The van der Waals surface area contributed by atoms with E-state index in [0.717, 1.165) is 25.5 Å². The van der Waals surface area contributed by atoms with Gasteiger partial charge in [0.15, 0.2) is 11.6 Å². The van der Waals surface area contributed by atoms with Crippen molar-refractivity contribution in [1.29, 1.82) is 0 Å². The lowest BCUT2D eigenvalue weighted by molar-refractivity contribution is -0.0505. The molecular weight excluding hydrogens is 252 g/mol. The minimum absolute atomic E-state index is 0.0642. The molecule has 2 aliphatic rings. The van der Waals surface area contributed by atoms with Gasteiger partial charge >= 0.3 is 0 Å². The first-order chi connectivity index (χ1) is 9.24. The van der Waals surface area contributed by atoms with Gasteiger partial charge in [-0.3, -0.25) is 0 Å². The monoisotopic (exact) mass is 269 g/mol. The third kappa shape index (κ3) is 3.04. The summed E-state index contributed by atoms with van der Waals surface area (Å²) in [6.45, 7) is 2.19. The zero-order chi connectivity index (χ0) is 13.2. The van der Waals surface area contributed by atoms with E-state index >= 15 is 0 Å². The van der Waals surface area contributed by atoms with Gasteiger partial charge in [0.1, 0.15) is 18.0 Å². The Balaban J connectivity index is 1.73. The van der Waals surface area contributed by atoms with Gasteiger partial charge in [0, 0.05) is 19.2 Å². The summed E-state index contributed by atoms with van der Waals surface area (Å²) in [4.78, 5) is 0. The molecule has 1 saturated carbocycles. The van der Waals surface area contributed by atoms with Crippen molar-refractivity contribution in [1.82, 2.24) is 5.32 Å². The van der Waals surface area contributed by atoms with E-state index in [1.165, 1.54) is 12.1 Å². The van der Waals surface area contributed by atoms with Crippen molar-refractivity contribution >= 4 is 0 Å². The van der Waals surface area contributed by atoms with Crippen molar-refractivity contribution in [2.45, 2.75) is 25.0 Å². The fourth-order valence-corrected chi connectivity index (χ4v) is 2.41. The molecule has 1 aliphatic carbocycles. The van der Waals surface area contributed by atoms with Gasteiger partial charge in [-0.05, 0) is 30.9 Å². The maximum atomic E-state index is 13.6. The van der Waals surface area contributed by atoms with Crippen molar-refractivity contribution in [2.24, 2.45) is 5.92 Å². The summed E-state index contributed by atoms with van der Waals surface area (Å²) in [6.07, 6.45) is 1.93. The van der Waals surface area contributed by atoms with Crippen molar-refractivity contribution in [3.05, 3.63) is 29.8 Å². The van der Waals surface area contributed by atoms with E-state index in [-0.39, 0.29) is 18.0 Å². The number of hydrogen-bond donors (Lipinski definition) is 1. The second-order valence-corrected chi connectivity index (χ2v) is 5.11. The fourth-order valence-electron chi connectivity index (χ4n) is 2.41. The van der Waals surface area contributed by atoms with Crippen LogP contribution in [0.5, 0.6) is 5.75 Å². The highest BCUT2D eigenvalue weighted by Crippen LogP contribution is 2.37. The molecule has 1 N–H and O–H groups in total. The molecule has 1 heterocycles. The molecule has 2 fully saturated rings. The smallest absolute Gasteiger partial charge is 0.167 e. The maximum Gasteiger partial charge on any atom is 0.167 e. The molecule has 1 aromatic rings. The SMILES string of the molecule is Fc1ccc(OC(C2CC2)C2CNCCO2)c(F)c1. The highest BCUT2D eigenvalue weighted by molar-refractivity contribution is 5.25. The molecule has 3 rings (SSSR count). The first-order valence-electron chi connectivity index (χ1n) is 6.68. The van der Waals surface area contributed by atoms with Crippen LogP contribution in [0.1, 0.15) is 12.8 Å². The van der Waals surface area contributed by atoms with Crippen LogP contribution in [0.2, 0.25) is 0 Å². The molecule has 0 aromatic heterocycles. The van der Waals surface area contributed by atoms with Gasteiger partial charge in [-0.1, -0.05) is 0 Å². The Morgan fingerprint density at radius 1 is 1.32 bits per heavy atom. The Bertz CT molecular complexity index is 445. The molecule has 2 unspecified atom stereocenters. The maximum absolute atomic E-state index is 13.6. The van der Waals surface area contributed by atoms with Gasteiger partial charge in [-0.25, -0.2) is 8.78 Å². The molecule has 19 heavy (non-hydrogen) atoms. The van der Waals surface area contributed by atoms with Crippen LogP contribution in [-0.2, 0) is 4.74 Å². The molecule has 2 atom stereocenters. The molecule has 1 saturated heterocycles. The zero-order valence-corrected chi connectivity index (χ0v) is 10.6. The van der Waals surface area contributed by atoms with Gasteiger partial charge in [-0.2, -0.15) is 0 Å². The topological polar surface area (TPSA) is 30.5 Å². The Kier molecular flexibility index (Phi) is 3.66.